The van der Waals surface area contributed by atoms with E-state index in [0.717, 1.165) is 80.5 Å². The molecule has 0 saturated carbocycles. The summed E-state index contributed by atoms with van der Waals surface area (Å²) in [5.74, 6) is 0. The number of aromatic nitrogens is 2. The van der Waals surface area contributed by atoms with E-state index in [-0.39, 0.29) is 6.09 Å². The summed E-state index contributed by atoms with van der Waals surface area (Å²) in [5.41, 5.74) is 9.65. The highest BCUT2D eigenvalue weighted by Crippen LogP contribution is 2.33. The number of hydrogen-bond acceptors (Lipinski definition) is 8. The van der Waals surface area contributed by atoms with Crippen LogP contribution in [0.2, 0.25) is 0 Å². The van der Waals surface area contributed by atoms with Crippen molar-refractivity contribution in [3.63, 3.8) is 0 Å². The molecule has 0 spiro atoms. The number of thiazole rings is 1. The van der Waals surface area contributed by atoms with Crippen LogP contribution in [0.15, 0.2) is 42.5 Å². The lowest BCUT2D eigenvalue weighted by molar-refractivity contribution is 0.0551. The van der Waals surface area contributed by atoms with Gasteiger partial charge in [0.15, 0.2) is 5.13 Å². The third-order valence-electron chi connectivity index (χ3n) is 8.63. The van der Waals surface area contributed by atoms with Crippen molar-refractivity contribution in [2.24, 2.45) is 0 Å². The Morgan fingerprint density at radius 3 is 2.60 bits per heavy atom. The lowest BCUT2D eigenvalue weighted by atomic mass is 9.96. The molecular weight excluding hydrogens is 544 g/mol. The Balaban J connectivity index is 1.11. The molecule has 2 aliphatic rings. The summed E-state index contributed by atoms with van der Waals surface area (Å²) in [7, 11) is 0. The quantitative estimate of drug-likeness (QED) is 0.283. The Labute approximate surface area is 253 Å². The molecule has 1 fully saturated rings. The van der Waals surface area contributed by atoms with Crippen LogP contribution in [0.4, 0.5) is 15.6 Å². The van der Waals surface area contributed by atoms with Crippen LogP contribution < -0.4 is 10.6 Å². The summed E-state index contributed by atoms with van der Waals surface area (Å²) in [5, 5.41) is 2.88. The van der Waals surface area contributed by atoms with Crippen LogP contribution in [0.5, 0.6) is 0 Å². The molecule has 224 valence electrons. The number of fused-ring (bicyclic) bond motifs is 4. The Hall–Kier alpha value is -3.14. The smallest absolute Gasteiger partial charge is 0.419 e. The molecule has 1 aliphatic heterocycles. The number of para-hydroxylation sites is 1. The fraction of sp³-hybridized carbons (Fsp3) is 0.515. The van der Waals surface area contributed by atoms with Gasteiger partial charge in [-0.3, -0.25) is 9.80 Å². The molecule has 2 aromatic heterocycles. The van der Waals surface area contributed by atoms with Gasteiger partial charge < -0.3 is 15.4 Å². The Morgan fingerprint density at radius 1 is 1.07 bits per heavy atom. The molecule has 42 heavy (non-hydrogen) atoms. The molecule has 0 amide bonds. The van der Waals surface area contributed by atoms with E-state index in [2.05, 4.69) is 50.9 Å². The lowest BCUT2D eigenvalue weighted by Crippen LogP contribution is -2.50. The summed E-state index contributed by atoms with van der Waals surface area (Å²) < 4.78 is 7.48. The summed E-state index contributed by atoms with van der Waals surface area (Å²) in [6.45, 7) is 15.5. The van der Waals surface area contributed by atoms with E-state index in [1.807, 2.05) is 39.0 Å². The zero-order chi connectivity index (χ0) is 29.4. The van der Waals surface area contributed by atoms with E-state index >= 15 is 0 Å². The molecule has 4 aromatic rings. The number of aryl methyl sites for hydroxylation is 1. The number of piperazine rings is 1. The van der Waals surface area contributed by atoms with E-state index in [9.17, 15) is 4.79 Å². The fourth-order valence-electron chi connectivity index (χ4n) is 6.61. The highest BCUT2D eigenvalue weighted by atomic mass is 32.1. The van der Waals surface area contributed by atoms with Crippen LogP contribution >= 0.6 is 11.3 Å². The van der Waals surface area contributed by atoms with Gasteiger partial charge in [0.05, 0.1) is 16.7 Å². The molecule has 6 rings (SSSR count). The van der Waals surface area contributed by atoms with Gasteiger partial charge in [-0.1, -0.05) is 25.1 Å². The number of nitrogens with zero attached hydrogens (tertiary/aromatic N) is 5. The molecule has 1 atom stereocenters. The first kappa shape index (κ1) is 29.0. The molecule has 9 heteroatoms. The van der Waals surface area contributed by atoms with Crippen molar-refractivity contribution in [2.75, 3.05) is 56.4 Å². The Kier molecular flexibility index (Phi) is 8.18. The van der Waals surface area contributed by atoms with Gasteiger partial charge in [0.1, 0.15) is 5.60 Å². The van der Waals surface area contributed by atoms with E-state index in [0.29, 0.717) is 11.2 Å². The number of ether oxygens (including phenoxy) is 1. The summed E-state index contributed by atoms with van der Waals surface area (Å²) >= 11 is 1.68. The van der Waals surface area contributed by atoms with E-state index < -0.39 is 5.60 Å². The number of nitrogens with two attached hydrogens (primary N) is 1. The van der Waals surface area contributed by atoms with Gasteiger partial charge in [-0.05, 0) is 77.3 Å². The van der Waals surface area contributed by atoms with Crippen LogP contribution in [-0.4, -0.2) is 82.9 Å². The number of benzene rings is 2. The van der Waals surface area contributed by atoms with Gasteiger partial charge in [-0.15, -0.1) is 11.3 Å². The molecule has 1 unspecified atom stereocenters. The topological polar surface area (TPSA) is 79.9 Å². The monoisotopic (exact) mass is 588 g/mol. The maximum atomic E-state index is 13.2. The highest BCUT2D eigenvalue weighted by molar-refractivity contribution is 7.15. The number of carbonyl (C=O) groups excluding carboxylic acids is 1. The van der Waals surface area contributed by atoms with Crippen LogP contribution in [0, 0.1) is 0 Å². The summed E-state index contributed by atoms with van der Waals surface area (Å²) in [6.07, 6.45) is 4.15. The van der Waals surface area contributed by atoms with E-state index in [1.54, 1.807) is 15.9 Å². The van der Waals surface area contributed by atoms with Crippen molar-refractivity contribution in [3.8, 4) is 0 Å². The van der Waals surface area contributed by atoms with Gasteiger partial charge in [0.2, 0.25) is 0 Å². The minimum atomic E-state index is -0.558. The lowest BCUT2D eigenvalue weighted by Gasteiger charge is -2.39. The molecule has 2 aromatic carbocycles. The summed E-state index contributed by atoms with van der Waals surface area (Å²) in [4.78, 5) is 26.9. The molecular formula is C33H44N6O2S. The standard InChI is InChI=1S/C33H44N6O2S/c1-5-14-37(24-10-12-27-30(22-24)42-31(34)35-27)18-15-36-16-19-38(20-17-36)23-11-13-29-26(21-23)25-8-6-7-9-28(25)39(29)32(40)41-33(2,3)4/h6-9,11,13,21,24H,5,10,12,14-20,22H2,1-4H3,(H2,34,35). The van der Waals surface area contributed by atoms with Crippen molar-refractivity contribution in [2.45, 2.75) is 65.0 Å². The molecule has 1 aliphatic carbocycles. The van der Waals surface area contributed by atoms with E-state index in [1.165, 1.54) is 29.1 Å². The van der Waals surface area contributed by atoms with Gasteiger partial charge in [0.25, 0.3) is 0 Å². The molecule has 0 radical (unpaired) electrons. The number of anilines is 2. The zero-order valence-corrected chi connectivity index (χ0v) is 26.3. The number of rotatable bonds is 7. The third-order valence-corrected chi connectivity index (χ3v) is 9.58. The predicted molar refractivity (Wildman–Crippen MR) is 174 cm³/mol. The zero-order valence-electron chi connectivity index (χ0n) is 25.4. The van der Waals surface area contributed by atoms with Crippen molar-refractivity contribution in [1.82, 2.24) is 19.4 Å². The number of nitrogen functional groups attached to an aromatic ring is 1. The van der Waals surface area contributed by atoms with E-state index in [4.69, 9.17) is 10.5 Å². The van der Waals surface area contributed by atoms with Crippen molar-refractivity contribution >= 4 is 50.1 Å². The second kappa shape index (κ2) is 11.9. The summed E-state index contributed by atoms with van der Waals surface area (Å²) in [6, 6.07) is 15.2. The molecule has 0 bridgehead atoms. The predicted octanol–water partition coefficient (Wildman–Crippen LogP) is 6.01. The second-order valence-corrected chi connectivity index (χ2v) is 13.8. The van der Waals surface area contributed by atoms with Crippen molar-refractivity contribution in [3.05, 3.63) is 53.0 Å². The third kappa shape index (κ3) is 6.00. The maximum absolute atomic E-state index is 13.2. The first-order chi connectivity index (χ1) is 20.2. The largest absolute Gasteiger partial charge is 0.443 e. The highest BCUT2D eigenvalue weighted by Gasteiger charge is 2.28. The SMILES string of the molecule is CCCN(CCN1CCN(c2ccc3c(c2)c2ccccc2n3C(=O)OC(C)(C)C)CC1)C1CCc2nc(N)sc2C1. The minimum Gasteiger partial charge on any atom is -0.443 e. The first-order valence-electron chi connectivity index (χ1n) is 15.4. The van der Waals surface area contributed by atoms with Crippen LogP contribution in [-0.2, 0) is 17.6 Å². The first-order valence-corrected chi connectivity index (χ1v) is 16.2. The molecule has 8 nitrogen and oxygen atoms in total. The average molecular weight is 589 g/mol. The van der Waals surface area contributed by atoms with Gasteiger partial charge >= 0.3 is 6.09 Å². The number of carbonyl (C=O) groups is 1. The fourth-order valence-corrected chi connectivity index (χ4v) is 7.56. The Morgan fingerprint density at radius 2 is 1.83 bits per heavy atom. The Bertz CT molecular complexity index is 1560. The minimum absolute atomic E-state index is 0.336. The normalized spacial score (nSPS) is 18.2. The molecule has 3 heterocycles. The average Bonchev–Trinajstić information content (AvgIpc) is 3.50. The molecule has 2 N–H and O–H groups in total. The van der Waals surface area contributed by atoms with Crippen molar-refractivity contribution in [1.29, 1.82) is 0 Å². The van der Waals surface area contributed by atoms with Crippen LogP contribution in [0.1, 0.15) is 51.1 Å². The number of hydrogen-bond donors (Lipinski definition) is 1. The van der Waals surface area contributed by atoms with Gasteiger partial charge in [0, 0.05) is 66.6 Å². The maximum Gasteiger partial charge on any atom is 0.419 e. The van der Waals surface area contributed by atoms with Crippen LogP contribution in [0.3, 0.4) is 0 Å². The van der Waals surface area contributed by atoms with Gasteiger partial charge in [-0.2, -0.15) is 0 Å². The van der Waals surface area contributed by atoms with Gasteiger partial charge in [-0.25, -0.2) is 14.3 Å². The second-order valence-electron chi connectivity index (χ2n) is 12.7. The van der Waals surface area contributed by atoms with Crippen LogP contribution in [0.25, 0.3) is 21.8 Å². The van der Waals surface area contributed by atoms with Crippen molar-refractivity contribution < 1.29 is 9.53 Å². The molecule has 1 saturated heterocycles.